The molecular weight excluding hydrogens is 102 g/mol. The van der Waals surface area contributed by atoms with Crippen LogP contribution in [0.2, 0.25) is 0 Å². The first-order chi connectivity index (χ1) is 3.89. The van der Waals surface area contributed by atoms with Crippen molar-refractivity contribution < 1.29 is 0 Å². The van der Waals surface area contributed by atoms with Crippen LogP contribution in [0.5, 0.6) is 0 Å². The molecule has 0 aliphatic heterocycles. The maximum atomic E-state index is 10.3. The molecule has 0 spiro atoms. The Morgan fingerprint density at radius 3 is 3.25 bits per heavy atom. The second kappa shape index (κ2) is 2.21. The molecule has 0 amide bonds. The summed E-state index contributed by atoms with van der Waals surface area (Å²) in [4.78, 5) is 13.7. The van der Waals surface area contributed by atoms with Gasteiger partial charge in [-0.1, -0.05) is 6.07 Å². The summed E-state index contributed by atoms with van der Waals surface area (Å²) in [5, 5.41) is 0. The molecule has 1 aromatic rings. The van der Waals surface area contributed by atoms with Crippen LogP contribution in [0.4, 0.5) is 0 Å². The van der Waals surface area contributed by atoms with E-state index in [4.69, 9.17) is 0 Å². The Balaban J connectivity index is 3.32. The monoisotopic (exact) mass is 106 g/mol. The molecule has 0 aliphatic carbocycles. The van der Waals surface area contributed by atoms with Crippen molar-refractivity contribution in [3.8, 4) is 0 Å². The van der Waals surface area contributed by atoms with Crippen LogP contribution in [0.25, 0.3) is 0 Å². The Morgan fingerprint density at radius 1 is 1.50 bits per heavy atom. The van der Waals surface area contributed by atoms with Crippen molar-refractivity contribution in [2.75, 3.05) is 0 Å². The highest BCUT2D eigenvalue weighted by Gasteiger charge is 1.72. The van der Waals surface area contributed by atoms with Gasteiger partial charge in [-0.25, -0.2) is 4.98 Å². The van der Waals surface area contributed by atoms with Gasteiger partial charge in [-0.3, -0.25) is 4.79 Å². The maximum absolute atomic E-state index is 10.3. The molecule has 39 valence electrons. The first kappa shape index (κ1) is 4.97. The third-order valence-corrected chi connectivity index (χ3v) is 0.692. The summed E-state index contributed by atoms with van der Waals surface area (Å²) in [6.45, 7) is 0. The zero-order valence-electron chi connectivity index (χ0n) is 4.16. The summed E-state index contributed by atoms with van der Waals surface area (Å²) in [7, 11) is 0. The molecule has 1 aromatic heterocycles. The predicted molar refractivity (Wildman–Crippen MR) is 29.3 cm³/mol. The third-order valence-electron chi connectivity index (χ3n) is 0.692. The van der Waals surface area contributed by atoms with Gasteiger partial charge in [0.05, 0.1) is 6.07 Å². The average molecular weight is 106 g/mol. The summed E-state index contributed by atoms with van der Waals surface area (Å²) in [5.74, 6) is 0. The molecule has 2 heteroatoms. The lowest BCUT2D eigenvalue weighted by Gasteiger charge is -1.56. The van der Waals surface area contributed by atoms with E-state index in [1.807, 2.05) is 0 Å². The lowest BCUT2D eigenvalue weighted by Crippen LogP contribution is -1.96. The highest BCUT2D eigenvalue weighted by Crippen LogP contribution is 1.68. The van der Waals surface area contributed by atoms with Gasteiger partial charge in [0.1, 0.15) is 0 Å². The molecule has 2 nitrogen and oxygen atoms in total. The lowest BCUT2D eigenvalue weighted by molar-refractivity contribution is 1.27. The van der Waals surface area contributed by atoms with Crippen LogP contribution in [0.15, 0.2) is 29.2 Å². The second-order valence-corrected chi connectivity index (χ2v) is 1.28. The minimum Gasteiger partial charge on any atom is -0.267 e. The highest BCUT2D eigenvalue weighted by atomic mass is 16.1. The highest BCUT2D eigenvalue weighted by molar-refractivity contribution is 4.89. The lowest BCUT2D eigenvalue weighted by atomic mass is 10.5. The van der Waals surface area contributed by atoms with Gasteiger partial charge in [0.15, 0.2) is 0 Å². The molecule has 0 unspecified atom stereocenters. The van der Waals surface area contributed by atoms with E-state index < -0.39 is 0 Å². The standard InChI is InChI=1S/C6H4NO/c8-6-4-2-1-3-5-7-6/h1-3,5H. The quantitative estimate of drug-likeness (QED) is 0.474. The number of hydrogen-bond acceptors (Lipinski definition) is 2. The SMILES string of the molecule is O=c1[c]ccccn1. The van der Waals surface area contributed by atoms with Crippen molar-refractivity contribution in [1.29, 1.82) is 0 Å². The van der Waals surface area contributed by atoms with Gasteiger partial charge in [-0.05, 0) is 12.1 Å². The van der Waals surface area contributed by atoms with Crippen LogP contribution in [0.3, 0.4) is 0 Å². The number of hydrogen-bond donors (Lipinski definition) is 0. The minimum absolute atomic E-state index is 0.324. The Kier molecular flexibility index (Phi) is 1.37. The van der Waals surface area contributed by atoms with E-state index in [-0.39, 0.29) is 5.56 Å². The van der Waals surface area contributed by atoms with Gasteiger partial charge in [-0.2, -0.15) is 0 Å². The summed E-state index contributed by atoms with van der Waals surface area (Å²) in [6.07, 6.45) is 1.44. The minimum atomic E-state index is -0.324. The summed E-state index contributed by atoms with van der Waals surface area (Å²) >= 11 is 0. The molecule has 1 rings (SSSR count). The van der Waals surface area contributed by atoms with Gasteiger partial charge >= 0.3 is 0 Å². The van der Waals surface area contributed by atoms with Crippen LogP contribution < -0.4 is 5.56 Å². The molecule has 0 fully saturated rings. The molecule has 8 heavy (non-hydrogen) atoms. The normalized spacial score (nSPS) is 8.50. The van der Waals surface area contributed by atoms with Crippen LogP contribution in [-0.2, 0) is 0 Å². The molecule has 0 aliphatic rings. The summed E-state index contributed by atoms with van der Waals surface area (Å²) in [5.41, 5.74) is -0.324. The van der Waals surface area contributed by atoms with E-state index >= 15 is 0 Å². The predicted octanol–water partition coefficient (Wildman–Crippen LogP) is 0.242. The Bertz CT molecular complexity index is 199. The smallest absolute Gasteiger partial charge is 0.267 e. The molecule has 0 N–H and O–H groups in total. The molecule has 0 bridgehead atoms. The average Bonchev–Trinajstić information content (AvgIpc) is 1.94. The fourth-order valence-corrected chi connectivity index (χ4v) is 0.373. The molecular formula is C6H4NO. The molecule has 0 atom stereocenters. The van der Waals surface area contributed by atoms with Crippen LogP contribution in [-0.4, -0.2) is 4.98 Å². The van der Waals surface area contributed by atoms with Crippen LogP contribution in [0.1, 0.15) is 0 Å². The number of rotatable bonds is 0. The Hall–Kier alpha value is -1.18. The van der Waals surface area contributed by atoms with E-state index in [0.29, 0.717) is 0 Å². The molecule has 0 aromatic carbocycles. The number of nitrogens with zero attached hydrogens (tertiary/aromatic N) is 1. The third kappa shape index (κ3) is 1.15. The number of aromatic nitrogens is 1. The van der Waals surface area contributed by atoms with Gasteiger partial charge in [0.25, 0.3) is 5.56 Å². The van der Waals surface area contributed by atoms with Crippen molar-refractivity contribution >= 4 is 0 Å². The van der Waals surface area contributed by atoms with Crippen LogP contribution >= 0.6 is 0 Å². The Labute approximate surface area is 46.8 Å². The van der Waals surface area contributed by atoms with Gasteiger partial charge in [0, 0.05) is 6.20 Å². The van der Waals surface area contributed by atoms with Crippen molar-refractivity contribution in [1.82, 2.24) is 4.98 Å². The first-order valence-corrected chi connectivity index (χ1v) is 2.22. The fourth-order valence-electron chi connectivity index (χ4n) is 0.373. The molecule has 1 radical (unpaired) electrons. The van der Waals surface area contributed by atoms with E-state index in [0.717, 1.165) is 0 Å². The summed E-state index contributed by atoms with van der Waals surface area (Å²) in [6, 6.07) is 7.31. The van der Waals surface area contributed by atoms with Gasteiger partial charge < -0.3 is 0 Å². The maximum Gasteiger partial charge on any atom is 0.277 e. The zero-order chi connectivity index (χ0) is 5.82. The molecule has 0 saturated carbocycles. The largest absolute Gasteiger partial charge is 0.277 e. The van der Waals surface area contributed by atoms with Crippen molar-refractivity contribution in [2.24, 2.45) is 0 Å². The van der Waals surface area contributed by atoms with E-state index in [1.165, 1.54) is 12.3 Å². The summed E-state index contributed by atoms with van der Waals surface area (Å²) < 4.78 is 0. The van der Waals surface area contributed by atoms with E-state index in [2.05, 4.69) is 11.1 Å². The van der Waals surface area contributed by atoms with E-state index in [1.54, 1.807) is 12.1 Å². The fraction of sp³-hybridized carbons (Fsp3) is 0. The van der Waals surface area contributed by atoms with Crippen molar-refractivity contribution in [3.05, 3.63) is 40.8 Å². The molecule has 0 saturated heterocycles. The van der Waals surface area contributed by atoms with Crippen molar-refractivity contribution in [2.45, 2.75) is 0 Å². The van der Waals surface area contributed by atoms with Crippen molar-refractivity contribution in [3.63, 3.8) is 0 Å². The first-order valence-electron chi connectivity index (χ1n) is 2.22. The second-order valence-electron chi connectivity index (χ2n) is 1.28. The van der Waals surface area contributed by atoms with Gasteiger partial charge in [0.2, 0.25) is 0 Å². The van der Waals surface area contributed by atoms with E-state index in [9.17, 15) is 4.79 Å². The van der Waals surface area contributed by atoms with Crippen LogP contribution in [0, 0.1) is 6.07 Å². The molecule has 1 heterocycles. The Morgan fingerprint density at radius 2 is 2.38 bits per heavy atom. The topological polar surface area (TPSA) is 30.0 Å². The van der Waals surface area contributed by atoms with Gasteiger partial charge in [-0.15, -0.1) is 0 Å². The zero-order valence-corrected chi connectivity index (χ0v) is 4.16.